The van der Waals surface area contributed by atoms with Crippen LogP contribution < -0.4 is 15.5 Å². The maximum atomic E-state index is 12.9. The highest BCUT2D eigenvalue weighted by Gasteiger charge is 2.33. The van der Waals surface area contributed by atoms with Crippen LogP contribution in [-0.4, -0.2) is 23.0 Å². The zero-order chi connectivity index (χ0) is 18.4. The lowest BCUT2D eigenvalue weighted by atomic mass is 10.1. The van der Waals surface area contributed by atoms with Crippen molar-refractivity contribution in [2.45, 2.75) is 31.7 Å². The minimum atomic E-state index is -0.314. The van der Waals surface area contributed by atoms with Crippen LogP contribution in [0, 0.1) is 0 Å². The van der Waals surface area contributed by atoms with Crippen LogP contribution in [0.15, 0.2) is 37.5 Å². The monoisotopic (exact) mass is 493 g/mol. The summed E-state index contributed by atoms with van der Waals surface area (Å²) in [4.78, 5) is 33.0. The summed E-state index contributed by atoms with van der Waals surface area (Å²) in [5.41, 5.74) is 2.03. The van der Waals surface area contributed by atoms with Gasteiger partial charge < -0.3 is 10.6 Å². The molecule has 4 heterocycles. The quantitative estimate of drug-likeness (QED) is 0.600. The van der Waals surface area contributed by atoms with Crippen molar-refractivity contribution < 1.29 is 9.59 Å². The van der Waals surface area contributed by atoms with Crippen molar-refractivity contribution >= 4 is 65.9 Å². The van der Waals surface area contributed by atoms with Gasteiger partial charge in [-0.15, -0.1) is 11.3 Å². The predicted molar refractivity (Wildman–Crippen MR) is 115 cm³/mol. The number of hydrogen-bond donors (Lipinski definition) is 2. The van der Waals surface area contributed by atoms with Gasteiger partial charge in [0.25, 0.3) is 5.91 Å². The van der Waals surface area contributed by atoms with Crippen molar-refractivity contribution in [1.82, 2.24) is 10.3 Å². The molecule has 7 nitrogen and oxygen atoms in total. The van der Waals surface area contributed by atoms with E-state index < -0.39 is 0 Å². The number of urea groups is 1. The molecular formula is C18H16IN5O2S. The van der Waals surface area contributed by atoms with E-state index in [1.54, 1.807) is 17.3 Å². The summed E-state index contributed by atoms with van der Waals surface area (Å²) in [6, 6.07) is 1.75. The number of halogens is 1. The van der Waals surface area contributed by atoms with Gasteiger partial charge in [0.15, 0.2) is 0 Å². The van der Waals surface area contributed by atoms with Crippen LogP contribution >= 0.6 is 32.4 Å². The summed E-state index contributed by atoms with van der Waals surface area (Å²) in [5, 5.41) is 6.84. The fourth-order valence-electron chi connectivity index (χ4n) is 3.70. The van der Waals surface area contributed by atoms with Gasteiger partial charge in [-0.25, -0.2) is 12.9 Å². The van der Waals surface area contributed by atoms with E-state index in [1.807, 2.05) is 16.2 Å². The van der Waals surface area contributed by atoms with Gasteiger partial charge in [0.05, 0.1) is 28.7 Å². The predicted octanol–water partition coefficient (Wildman–Crippen LogP) is 4.84. The molecule has 138 valence electrons. The van der Waals surface area contributed by atoms with Crippen molar-refractivity contribution in [3.8, 4) is 0 Å². The number of amides is 3. The van der Waals surface area contributed by atoms with Crippen LogP contribution in [0.5, 0.6) is 0 Å². The maximum Gasteiger partial charge on any atom is 0.331 e. The molecule has 0 bridgehead atoms. The van der Waals surface area contributed by atoms with E-state index in [9.17, 15) is 9.59 Å². The zero-order valence-electron chi connectivity index (χ0n) is 14.2. The maximum absolute atomic E-state index is 12.9. The van der Waals surface area contributed by atoms with Gasteiger partial charge >= 0.3 is 6.03 Å². The lowest BCUT2D eigenvalue weighted by molar-refractivity contribution is 0.0943. The minimum absolute atomic E-state index is 0.129. The third-order valence-electron chi connectivity index (χ3n) is 4.93. The highest BCUT2D eigenvalue weighted by atomic mass is 127. The molecular weight excluding hydrogens is 477 g/mol. The summed E-state index contributed by atoms with van der Waals surface area (Å²) >= 11 is 1.01. The Bertz CT molecular complexity index is 1050. The second-order valence-electron chi connectivity index (χ2n) is 6.58. The molecule has 9 heteroatoms. The number of thiophene rings is 1. The molecule has 1 fully saturated rings. The molecule has 0 radical (unpaired) electrons. The van der Waals surface area contributed by atoms with E-state index in [2.05, 4.69) is 18.8 Å². The highest BCUT2D eigenvalue weighted by Crippen LogP contribution is 2.45. The number of anilines is 2. The Kier molecular flexibility index (Phi) is 4.27. The fraction of sp³-hybridized carbons (Fsp3) is 0.278. The van der Waals surface area contributed by atoms with E-state index in [1.165, 1.54) is 11.3 Å². The SMILES string of the molecule is O=C(NC1CCCC1)c1sc2nccc3c2c1NC(=O)N3C1=CN=IC=C1. The standard InChI is InChI=1S/C18H16IN5O2S/c25-16(22-10-3-1-2-4-10)15-14-13-12(6-8-20-17(13)27-15)24(18(26)23-14)11-5-7-19-21-9-11/h5-10H,1-4H2,(H,22,25)(H,23,26). The Morgan fingerprint density at radius 3 is 3.00 bits per heavy atom. The number of nitrogens with one attached hydrogen (secondary N) is 2. The number of carbonyl (C=O) groups excluding carboxylic acids is 2. The fourth-order valence-corrected chi connectivity index (χ4v) is 5.88. The molecule has 1 aliphatic carbocycles. The Hall–Kier alpha value is -2.14. The smallest absolute Gasteiger partial charge is 0.331 e. The normalized spacial score (nSPS) is 19.0. The molecule has 5 rings (SSSR count). The number of nitrogens with zero attached hydrogens (tertiary/aromatic N) is 3. The lowest BCUT2D eigenvalue weighted by Crippen LogP contribution is -2.38. The average molecular weight is 493 g/mol. The molecule has 2 aromatic rings. The second kappa shape index (κ2) is 6.79. The molecule has 0 atom stereocenters. The van der Waals surface area contributed by atoms with Gasteiger partial charge in [-0.1, -0.05) is 12.8 Å². The molecule has 0 saturated heterocycles. The van der Waals surface area contributed by atoms with Crippen LogP contribution in [0.4, 0.5) is 16.2 Å². The first-order chi connectivity index (χ1) is 13.2. The van der Waals surface area contributed by atoms with Gasteiger partial charge in [-0.3, -0.25) is 9.69 Å². The van der Waals surface area contributed by atoms with Crippen molar-refractivity contribution in [2.24, 2.45) is 3.15 Å². The van der Waals surface area contributed by atoms with Gasteiger partial charge in [-0.05, 0) is 29.1 Å². The zero-order valence-corrected chi connectivity index (χ0v) is 17.2. The first-order valence-corrected chi connectivity index (χ1v) is 11.8. The summed E-state index contributed by atoms with van der Waals surface area (Å²) in [6.07, 6.45) is 9.68. The number of rotatable bonds is 3. The highest BCUT2D eigenvalue weighted by molar-refractivity contribution is 14.2. The van der Waals surface area contributed by atoms with Crippen molar-refractivity contribution in [3.05, 3.63) is 39.2 Å². The molecule has 0 spiro atoms. The number of allylic oxidation sites excluding steroid dienone is 1. The summed E-state index contributed by atoms with van der Waals surface area (Å²) in [5.74, 6) is -0.129. The van der Waals surface area contributed by atoms with Gasteiger partial charge in [0, 0.05) is 33.3 Å². The van der Waals surface area contributed by atoms with Crippen LogP contribution in [-0.2, 0) is 0 Å². The van der Waals surface area contributed by atoms with E-state index >= 15 is 0 Å². The summed E-state index contributed by atoms with van der Waals surface area (Å²) in [6.45, 7) is 0. The topological polar surface area (TPSA) is 86.7 Å². The number of carbonyl (C=O) groups is 2. The van der Waals surface area contributed by atoms with Crippen molar-refractivity contribution in [3.63, 3.8) is 0 Å². The van der Waals surface area contributed by atoms with E-state index in [4.69, 9.17) is 0 Å². The molecule has 3 amide bonds. The van der Waals surface area contributed by atoms with Crippen LogP contribution in [0.3, 0.4) is 0 Å². The second-order valence-corrected chi connectivity index (χ2v) is 9.41. The minimum Gasteiger partial charge on any atom is -0.349 e. The Balaban J connectivity index is 1.59. The lowest BCUT2D eigenvalue weighted by Gasteiger charge is -2.29. The van der Waals surface area contributed by atoms with Gasteiger partial charge in [0.2, 0.25) is 0 Å². The molecule has 27 heavy (non-hydrogen) atoms. The number of aromatic nitrogens is 1. The molecule has 0 unspecified atom stereocenters. The van der Waals surface area contributed by atoms with Crippen molar-refractivity contribution in [1.29, 1.82) is 0 Å². The van der Waals surface area contributed by atoms with E-state index in [0.29, 0.717) is 10.6 Å². The average Bonchev–Trinajstić information content (AvgIpc) is 3.31. The third-order valence-corrected chi connectivity index (χ3v) is 7.31. The Morgan fingerprint density at radius 1 is 1.37 bits per heavy atom. The molecule has 3 aliphatic rings. The van der Waals surface area contributed by atoms with Crippen LogP contribution in [0.2, 0.25) is 0 Å². The van der Waals surface area contributed by atoms with Gasteiger partial charge in [0.1, 0.15) is 9.71 Å². The molecule has 2 aromatic heterocycles. The third kappa shape index (κ3) is 2.89. The first-order valence-electron chi connectivity index (χ1n) is 8.75. The molecule has 2 aliphatic heterocycles. The number of pyridine rings is 1. The van der Waals surface area contributed by atoms with Crippen LogP contribution in [0.1, 0.15) is 35.4 Å². The largest absolute Gasteiger partial charge is 0.349 e. The van der Waals surface area contributed by atoms with E-state index in [-0.39, 0.29) is 39.0 Å². The Labute approximate surface area is 169 Å². The first kappa shape index (κ1) is 17.0. The summed E-state index contributed by atoms with van der Waals surface area (Å²) in [7, 11) is 0. The molecule has 0 aromatic carbocycles. The van der Waals surface area contributed by atoms with E-state index in [0.717, 1.165) is 47.3 Å². The Morgan fingerprint density at radius 2 is 2.22 bits per heavy atom. The number of hydrogen-bond acceptors (Lipinski definition) is 5. The molecule has 1 saturated carbocycles. The van der Waals surface area contributed by atoms with Gasteiger partial charge in [-0.2, -0.15) is 0 Å². The molecule has 2 N–H and O–H groups in total. The summed E-state index contributed by atoms with van der Waals surface area (Å²) < 4.78 is 6.36. The van der Waals surface area contributed by atoms with Crippen LogP contribution in [0.25, 0.3) is 10.2 Å². The van der Waals surface area contributed by atoms with Crippen molar-refractivity contribution in [2.75, 3.05) is 10.2 Å².